The molecule has 0 aliphatic rings. The number of aryl methyl sites for hydroxylation is 2. The van der Waals surface area contributed by atoms with Crippen LogP contribution in [0.3, 0.4) is 0 Å². The first kappa shape index (κ1) is 17.2. The summed E-state index contributed by atoms with van der Waals surface area (Å²) in [6.45, 7) is 16.6. The first-order valence-corrected chi connectivity index (χ1v) is 7.72. The van der Waals surface area contributed by atoms with Gasteiger partial charge in [0.2, 0.25) is 0 Å². The van der Waals surface area contributed by atoms with Gasteiger partial charge in [-0.2, -0.15) is 0 Å². The lowest BCUT2D eigenvalue weighted by Crippen LogP contribution is -2.37. The Hall–Kier alpha value is -0.860. The van der Waals surface area contributed by atoms with Crippen molar-refractivity contribution in [3.63, 3.8) is 0 Å². The van der Waals surface area contributed by atoms with Crippen LogP contribution in [0.1, 0.15) is 50.4 Å². The Morgan fingerprint density at radius 3 is 2.35 bits per heavy atom. The SMILES string of the molecule is CCNC(CN(C)CC(C)(C)C)c1ccc(C)cc1C. The fraction of sp³-hybridized carbons (Fsp3) is 0.667. The minimum Gasteiger partial charge on any atom is -0.309 e. The molecule has 0 heterocycles. The van der Waals surface area contributed by atoms with Crippen LogP contribution in [-0.4, -0.2) is 31.6 Å². The standard InChI is InChI=1S/C18H32N2/c1-8-19-17(12-20(7)13-18(4,5)6)16-10-9-14(2)11-15(16)3/h9-11,17,19H,8,12-13H2,1-7H3. The first-order chi connectivity index (χ1) is 9.23. The summed E-state index contributed by atoms with van der Waals surface area (Å²) in [6, 6.07) is 7.19. The lowest BCUT2D eigenvalue weighted by Gasteiger charge is -2.31. The number of hydrogen-bond donors (Lipinski definition) is 1. The Morgan fingerprint density at radius 2 is 1.85 bits per heavy atom. The molecule has 0 saturated heterocycles. The van der Waals surface area contributed by atoms with Gasteiger partial charge in [0, 0.05) is 19.1 Å². The third kappa shape index (κ3) is 5.64. The van der Waals surface area contributed by atoms with Crippen LogP contribution in [0.5, 0.6) is 0 Å². The molecule has 0 aromatic heterocycles. The first-order valence-electron chi connectivity index (χ1n) is 7.72. The maximum absolute atomic E-state index is 3.63. The molecule has 1 rings (SSSR count). The van der Waals surface area contributed by atoms with E-state index >= 15 is 0 Å². The predicted molar refractivity (Wildman–Crippen MR) is 89.3 cm³/mol. The molecule has 1 unspecified atom stereocenters. The van der Waals surface area contributed by atoms with Gasteiger partial charge in [0.1, 0.15) is 0 Å². The van der Waals surface area contributed by atoms with E-state index in [0.29, 0.717) is 11.5 Å². The van der Waals surface area contributed by atoms with Crippen molar-refractivity contribution in [1.82, 2.24) is 10.2 Å². The van der Waals surface area contributed by atoms with Crippen LogP contribution in [0.15, 0.2) is 18.2 Å². The van der Waals surface area contributed by atoms with E-state index in [0.717, 1.165) is 19.6 Å². The fourth-order valence-electron chi connectivity index (χ4n) is 2.92. The molecule has 1 N–H and O–H groups in total. The van der Waals surface area contributed by atoms with Gasteiger partial charge in [-0.05, 0) is 44.0 Å². The largest absolute Gasteiger partial charge is 0.309 e. The molecular weight excluding hydrogens is 244 g/mol. The number of hydrogen-bond acceptors (Lipinski definition) is 2. The summed E-state index contributed by atoms with van der Waals surface area (Å²) < 4.78 is 0. The van der Waals surface area contributed by atoms with E-state index in [4.69, 9.17) is 0 Å². The van der Waals surface area contributed by atoms with Gasteiger partial charge in [-0.15, -0.1) is 0 Å². The van der Waals surface area contributed by atoms with E-state index in [2.05, 4.69) is 77.0 Å². The summed E-state index contributed by atoms with van der Waals surface area (Å²) in [5.74, 6) is 0. The van der Waals surface area contributed by atoms with Gasteiger partial charge in [0.05, 0.1) is 0 Å². The van der Waals surface area contributed by atoms with Gasteiger partial charge >= 0.3 is 0 Å². The molecule has 0 aliphatic carbocycles. The molecule has 0 spiro atoms. The zero-order valence-electron chi connectivity index (χ0n) is 14.4. The van der Waals surface area contributed by atoms with E-state index in [-0.39, 0.29) is 0 Å². The summed E-state index contributed by atoms with van der Waals surface area (Å²) >= 11 is 0. The van der Waals surface area contributed by atoms with E-state index in [1.807, 2.05) is 0 Å². The zero-order chi connectivity index (χ0) is 15.3. The molecule has 0 saturated carbocycles. The third-order valence-electron chi connectivity index (χ3n) is 3.49. The van der Waals surface area contributed by atoms with Crippen molar-refractivity contribution in [3.05, 3.63) is 34.9 Å². The highest BCUT2D eigenvalue weighted by Gasteiger charge is 2.19. The quantitative estimate of drug-likeness (QED) is 0.847. The Balaban J connectivity index is 2.83. The Kier molecular flexibility index (Phi) is 6.22. The molecular formula is C18H32N2. The number of benzene rings is 1. The maximum Gasteiger partial charge on any atom is 0.0451 e. The minimum atomic E-state index is 0.341. The second-order valence-electron chi connectivity index (χ2n) is 7.23. The highest BCUT2D eigenvalue weighted by Crippen LogP contribution is 2.21. The van der Waals surface area contributed by atoms with Crippen LogP contribution in [0.4, 0.5) is 0 Å². The van der Waals surface area contributed by atoms with E-state index in [1.165, 1.54) is 16.7 Å². The van der Waals surface area contributed by atoms with E-state index < -0.39 is 0 Å². The van der Waals surface area contributed by atoms with Crippen molar-refractivity contribution in [1.29, 1.82) is 0 Å². The molecule has 0 fully saturated rings. The summed E-state index contributed by atoms with van der Waals surface area (Å²) in [6.07, 6.45) is 0. The van der Waals surface area contributed by atoms with Gasteiger partial charge in [0.25, 0.3) is 0 Å². The van der Waals surface area contributed by atoms with Crippen LogP contribution < -0.4 is 5.32 Å². The molecule has 1 aromatic rings. The van der Waals surface area contributed by atoms with Crippen LogP contribution in [0.2, 0.25) is 0 Å². The van der Waals surface area contributed by atoms with Gasteiger partial charge in [0.15, 0.2) is 0 Å². The van der Waals surface area contributed by atoms with Crippen molar-refractivity contribution in [2.75, 3.05) is 26.7 Å². The smallest absolute Gasteiger partial charge is 0.0451 e. The van der Waals surface area contributed by atoms with Gasteiger partial charge in [-0.3, -0.25) is 0 Å². The molecule has 0 radical (unpaired) electrons. The molecule has 114 valence electrons. The van der Waals surface area contributed by atoms with E-state index in [1.54, 1.807) is 0 Å². The normalized spacial score (nSPS) is 13.8. The number of nitrogens with one attached hydrogen (secondary N) is 1. The molecule has 2 nitrogen and oxygen atoms in total. The molecule has 2 heteroatoms. The Bertz CT molecular complexity index is 418. The van der Waals surface area contributed by atoms with Crippen molar-refractivity contribution >= 4 is 0 Å². The van der Waals surface area contributed by atoms with Crippen molar-refractivity contribution < 1.29 is 0 Å². The van der Waals surface area contributed by atoms with Crippen LogP contribution in [-0.2, 0) is 0 Å². The van der Waals surface area contributed by atoms with Crippen molar-refractivity contribution in [2.45, 2.75) is 47.6 Å². The predicted octanol–water partition coefficient (Wildman–Crippen LogP) is 3.93. The second-order valence-corrected chi connectivity index (χ2v) is 7.23. The number of likely N-dealkylation sites (N-methyl/N-ethyl adjacent to an activating group) is 2. The highest BCUT2D eigenvalue weighted by molar-refractivity contribution is 5.33. The topological polar surface area (TPSA) is 15.3 Å². The third-order valence-corrected chi connectivity index (χ3v) is 3.49. The van der Waals surface area contributed by atoms with Gasteiger partial charge in [-0.25, -0.2) is 0 Å². The van der Waals surface area contributed by atoms with E-state index in [9.17, 15) is 0 Å². The molecule has 1 aromatic carbocycles. The van der Waals surface area contributed by atoms with Gasteiger partial charge in [-0.1, -0.05) is 51.5 Å². The average molecular weight is 276 g/mol. The fourth-order valence-corrected chi connectivity index (χ4v) is 2.92. The second kappa shape index (κ2) is 7.24. The summed E-state index contributed by atoms with van der Waals surface area (Å²) in [5.41, 5.74) is 4.50. The summed E-state index contributed by atoms with van der Waals surface area (Å²) in [5, 5.41) is 3.63. The molecule has 1 atom stereocenters. The van der Waals surface area contributed by atoms with Crippen LogP contribution in [0, 0.1) is 19.3 Å². The van der Waals surface area contributed by atoms with Gasteiger partial charge < -0.3 is 10.2 Å². The molecule has 0 bridgehead atoms. The van der Waals surface area contributed by atoms with Crippen molar-refractivity contribution in [2.24, 2.45) is 5.41 Å². The Labute approximate surface area is 125 Å². The van der Waals surface area contributed by atoms with Crippen LogP contribution >= 0.6 is 0 Å². The monoisotopic (exact) mass is 276 g/mol. The zero-order valence-corrected chi connectivity index (χ0v) is 14.4. The van der Waals surface area contributed by atoms with Crippen molar-refractivity contribution in [3.8, 4) is 0 Å². The molecule has 20 heavy (non-hydrogen) atoms. The number of rotatable bonds is 6. The van der Waals surface area contributed by atoms with Crippen LogP contribution in [0.25, 0.3) is 0 Å². The maximum atomic E-state index is 3.63. The summed E-state index contributed by atoms with van der Waals surface area (Å²) in [4.78, 5) is 2.44. The summed E-state index contributed by atoms with van der Waals surface area (Å²) in [7, 11) is 2.22. The number of nitrogens with zero attached hydrogens (tertiary/aromatic N) is 1. The average Bonchev–Trinajstić information content (AvgIpc) is 2.25. The molecule has 0 amide bonds. The highest BCUT2D eigenvalue weighted by atomic mass is 15.1. The minimum absolute atomic E-state index is 0.341. The lowest BCUT2D eigenvalue weighted by molar-refractivity contribution is 0.208. The molecule has 0 aliphatic heterocycles. The lowest BCUT2D eigenvalue weighted by atomic mass is 9.95. The Morgan fingerprint density at radius 1 is 1.20 bits per heavy atom.